The largest absolute Gasteiger partial charge is 0.389 e. The Kier molecular flexibility index (Phi) is 4.14. The van der Waals surface area contributed by atoms with Crippen LogP contribution >= 0.6 is 12.2 Å². The number of rotatable bonds is 4. The second kappa shape index (κ2) is 5.70. The molecular formula is C12H9F2N3O2S2. The molecule has 0 saturated heterocycles. The summed E-state index contributed by atoms with van der Waals surface area (Å²) in [5, 5.41) is -0.758. The fourth-order valence-electron chi connectivity index (χ4n) is 1.55. The number of hydrogen-bond acceptors (Lipinski definition) is 4. The average Bonchev–Trinajstić information content (AvgIpc) is 2.40. The highest BCUT2D eigenvalue weighted by Crippen LogP contribution is 2.19. The second-order valence-electron chi connectivity index (χ2n) is 3.95. The third-order valence-electron chi connectivity index (χ3n) is 2.46. The molecule has 1 aromatic heterocycles. The average molecular weight is 329 g/mol. The van der Waals surface area contributed by atoms with Gasteiger partial charge in [0.25, 0.3) is 10.0 Å². The van der Waals surface area contributed by atoms with Gasteiger partial charge in [0, 0.05) is 17.4 Å². The summed E-state index contributed by atoms with van der Waals surface area (Å²) < 4.78 is 53.0. The number of sulfonamides is 1. The van der Waals surface area contributed by atoms with Crippen molar-refractivity contribution in [3.63, 3.8) is 0 Å². The smallest absolute Gasteiger partial charge is 0.282 e. The topological polar surface area (TPSA) is 85.1 Å². The highest BCUT2D eigenvalue weighted by atomic mass is 32.2. The quantitative estimate of drug-likeness (QED) is 0.836. The summed E-state index contributed by atoms with van der Waals surface area (Å²) in [6.07, 6.45) is 1.14. The van der Waals surface area contributed by atoms with E-state index >= 15 is 0 Å². The fraction of sp³-hybridized carbons (Fsp3) is 0. The van der Waals surface area contributed by atoms with Crippen molar-refractivity contribution in [2.24, 2.45) is 5.73 Å². The van der Waals surface area contributed by atoms with Crippen LogP contribution in [-0.4, -0.2) is 18.4 Å². The third-order valence-corrected chi connectivity index (χ3v) is 4.00. The number of nitrogens with one attached hydrogen (secondary N) is 1. The van der Waals surface area contributed by atoms with Gasteiger partial charge < -0.3 is 5.73 Å². The van der Waals surface area contributed by atoms with Crippen LogP contribution in [0.5, 0.6) is 0 Å². The van der Waals surface area contributed by atoms with E-state index in [0.29, 0.717) is 0 Å². The van der Waals surface area contributed by atoms with Gasteiger partial charge in [0.05, 0.1) is 0 Å². The molecule has 110 valence electrons. The van der Waals surface area contributed by atoms with Crippen LogP contribution in [0.2, 0.25) is 0 Å². The van der Waals surface area contributed by atoms with E-state index in [1.165, 1.54) is 6.07 Å². The van der Waals surface area contributed by atoms with Crippen molar-refractivity contribution in [2.75, 3.05) is 4.72 Å². The van der Waals surface area contributed by atoms with E-state index in [-0.39, 0.29) is 16.2 Å². The Bertz CT molecular complexity index is 810. The van der Waals surface area contributed by atoms with Crippen molar-refractivity contribution in [3.8, 4) is 0 Å². The Morgan fingerprint density at radius 1 is 1.24 bits per heavy atom. The SMILES string of the molecule is NC(=S)c1cc(NS(=O)(=O)c2ncccc2F)ccc1F. The van der Waals surface area contributed by atoms with Gasteiger partial charge in [0.2, 0.25) is 5.03 Å². The van der Waals surface area contributed by atoms with Crippen LogP contribution in [0, 0.1) is 11.6 Å². The molecule has 0 aliphatic carbocycles. The summed E-state index contributed by atoms with van der Waals surface area (Å²) in [6, 6.07) is 5.51. The van der Waals surface area contributed by atoms with Crippen molar-refractivity contribution < 1.29 is 17.2 Å². The van der Waals surface area contributed by atoms with E-state index in [1.807, 2.05) is 0 Å². The Morgan fingerprint density at radius 3 is 2.57 bits per heavy atom. The van der Waals surface area contributed by atoms with Crippen LogP contribution in [0.4, 0.5) is 14.5 Å². The molecule has 0 aliphatic rings. The van der Waals surface area contributed by atoms with Crippen LogP contribution in [0.1, 0.15) is 5.56 Å². The molecule has 0 fully saturated rings. The normalized spacial score (nSPS) is 11.1. The van der Waals surface area contributed by atoms with Gasteiger partial charge in [-0.05, 0) is 30.3 Å². The van der Waals surface area contributed by atoms with Crippen LogP contribution < -0.4 is 10.5 Å². The minimum absolute atomic E-state index is 0.00995. The predicted octanol–water partition coefficient (Wildman–Crippen LogP) is 1.79. The molecule has 0 aliphatic heterocycles. The van der Waals surface area contributed by atoms with Gasteiger partial charge in [-0.1, -0.05) is 12.2 Å². The van der Waals surface area contributed by atoms with Crippen molar-refractivity contribution in [1.29, 1.82) is 0 Å². The van der Waals surface area contributed by atoms with Crippen molar-refractivity contribution in [2.45, 2.75) is 5.03 Å². The first-order valence-corrected chi connectivity index (χ1v) is 7.43. The van der Waals surface area contributed by atoms with Crippen LogP contribution in [0.3, 0.4) is 0 Å². The van der Waals surface area contributed by atoms with Gasteiger partial charge in [-0.2, -0.15) is 8.42 Å². The van der Waals surface area contributed by atoms with E-state index in [2.05, 4.69) is 21.9 Å². The molecule has 0 bridgehead atoms. The highest BCUT2D eigenvalue weighted by Gasteiger charge is 2.21. The molecule has 0 saturated carbocycles. The van der Waals surface area contributed by atoms with E-state index in [1.54, 1.807) is 0 Å². The molecule has 1 heterocycles. The summed E-state index contributed by atoms with van der Waals surface area (Å²) in [5.41, 5.74) is 5.20. The maximum Gasteiger partial charge on any atom is 0.282 e. The fourth-order valence-corrected chi connectivity index (χ4v) is 2.76. The molecule has 5 nitrogen and oxygen atoms in total. The van der Waals surface area contributed by atoms with E-state index < -0.39 is 26.7 Å². The highest BCUT2D eigenvalue weighted by molar-refractivity contribution is 7.92. The third kappa shape index (κ3) is 3.31. The number of nitrogens with two attached hydrogens (primary N) is 1. The zero-order valence-corrected chi connectivity index (χ0v) is 12.0. The number of pyridine rings is 1. The first-order valence-electron chi connectivity index (χ1n) is 5.54. The van der Waals surface area contributed by atoms with Crippen LogP contribution in [-0.2, 0) is 10.0 Å². The molecule has 1 aromatic carbocycles. The summed E-state index contributed by atoms with van der Waals surface area (Å²) in [4.78, 5) is 3.25. The Morgan fingerprint density at radius 2 is 1.95 bits per heavy atom. The summed E-state index contributed by atoms with van der Waals surface area (Å²) in [5.74, 6) is -1.68. The Hall–Kier alpha value is -2.13. The number of hydrogen-bond donors (Lipinski definition) is 2. The molecule has 0 unspecified atom stereocenters. The van der Waals surface area contributed by atoms with Gasteiger partial charge in [-0.15, -0.1) is 0 Å². The van der Waals surface area contributed by atoms with E-state index in [9.17, 15) is 17.2 Å². The molecule has 0 spiro atoms. The van der Waals surface area contributed by atoms with Gasteiger partial charge in [-0.25, -0.2) is 13.8 Å². The standard InChI is InChI=1S/C12H9F2N3O2S2/c13-9-4-3-7(6-8(9)11(15)20)17-21(18,19)12-10(14)2-1-5-16-12/h1-6,17H,(H2,15,20). The maximum absolute atomic E-state index is 13.5. The number of nitrogens with zero attached hydrogens (tertiary/aromatic N) is 1. The van der Waals surface area contributed by atoms with Crippen molar-refractivity contribution in [3.05, 3.63) is 53.7 Å². The van der Waals surface area contributed by atoms with Gasteiger partial charge >= 0.3 is 0 Å². The lowest BCUT2D eigenvalue weighted by atomic mass is 10.2. The van der Waals surface area contributed by atoms with Crippen LogP contribution in [0.15, 0.2) is 41.6 Å². The summed E-state index contributed by atoms with van der Waals surface area (Å²) in [7, 11) is -4.24. The van der Waals surface area contributed by atoms with Crippen molar-refractivity contribution in [1.82, 2.24) is 4.98 Å². The lowest BCUT2D eigenvalue weighted by Gasteiger charge is -2.09. The van der Waals surface area contributed by atoms with Crippen molar-refractivity contribution >= 4 is 32.9 Å². The van der Waals surface area contributed by atoms with Gasteiger partial charge in [0.15, 0.2) is 5.82 Å². The first-order chi connectivity index (χ1) is 9.81. The zero-order chi connectivity index (χ0) is 15.6. The predicted molar refractivity (Wildman–Crippen MR) is 77.3 cm³/mol. The molecule has 0 amide bonds. The number of benzene rings is 1. The Labute approximate surface area is 124 Å². The molecule has 2 rings (SSSR count). The van der Waals surface area contributed by atoms with Gasteiger partial charge in [0.1, 0.15) is 10.8 Å². The second-order valence-corrected chi connectivity index (χ2v) is 5.99. The lowest BCUT2D eigenvalue weighted by Crippen LogP contribution is -2.17. The molecular weight excluding hydrogens is 320 g/mol. The van der Waals surface area contributed by atoms with Crippen LogP contribution in [0.25, 0.3) is 0 Å². The number of thiocarbonyl (C=S) groups is 1. The maximum atomic E-state index is 13.5. The minimum atomic E-state index is -4.24. The minimum Gasteiger partial charge on any atom is -0.389 e. The number of halogens is 2. The molecule has 9 heteroatoms. The zero-order valence-electron chi connectivity index (χ0n) is 10.4. The molecule has 2 aromatic rings. The molecule has 0 atom stereocenters. The monoisotopic (exact) mass is 329 g/mol. The number of anilines is 1. The Balaban J connectivity index is 2.40. The van der Waals surface area contributed by atoms with E-state index in [0.717, 1.165) is 30.5 Å². The molecule has 21 heavy (non-hydrogen) atoms. The lowest BCUT2D eigenvalue weighted by molar-refractivity contribution is 0.556. The molecule has 3 N–H and O–H groups in total. The first kappa shape index (κ1) is 15.3. The summed E-state index contributed by atoms with van der Waals surface area (Å²) >= 11 is 4.65. The van der Waals surface area contributed by atoms with E-state index in [4.69, 9.17) is 5.73 Å². The molecule has 0 radical (unpaired) electrons. The number of aromatic nitrogens is 1. The summed E-state index contributed by atoms with van der Waals surface area (Å²) in [6.45, 7) is 0. The van der Waals surface area contributed by atoms with Gasteiger partial charge in [-0.3, -0.25) is 4.72 Å².